The van der Waals surface area contributed by atoms with Crippen molar-refractivity contribution in [3.8, 4) is 5.75 Å². The van der Waals surface area contributed by atoms with Crippen LogP contribution in [0.15, 0.2) is 64.8 Å². The van der Waals surface area contributed by atoms with Crippen LogP contribution in [-0.2, 0) is 6.42 Å². The molecule has 2 aromatic carbocycles. The molecule has 6 nitrogen and oxygen atoms in total. The molecule has 0 heterocycles. The zero-order valence-corrected chi connectivity index (χ0v) is 13.9. The summed E-state index contributed by atoms with van der Waals surface area (Å²) in [4.78, 5) is 13.9. The van der Waals surface area contributed by atoms with Crippen molar-refractivity contribution in [1.82, 2.24) is 10.2 Å². The number of rotatable bonds is 6. The molecule has 0 aromatic heterocycles. The Labute approximate surface area is 141 Å². The molecule has 2 aromatic rings. The molecule has 0 spiro atoms. The van der Waals surface area contributed by atoms with E-state index in [9.17, 15) is 9.90 Å². The molecule has 2 rings (SSSR count). The summed E-state index contributed by atoms with van der Waals surface area (Å²) in [5.41, 5.74) is 1.73. The van der Waals surface area contributed by atoms with E-state index in [2.05, 4.69) is 15.5 Å². The van der Waals surface area contributed by atoms with E-state index in [0.717, 1.165) is 12.0 Å². The van der Waals surface area contributed by atoms with Crippen LogP contribution in [0.5, 0.6) is 5.75 Å². The van der Waals surface area contributed by atoms with E-state index in [1.165, 1.54) is 0 Å². The fraction of sp³-hybridized carbons (Fsp3) is 0.278. The second-order valence-electron chi connectivity index (χ2n) is 5.71. The summed E-state index contributed by atoms with van der Waals surface area (Å²) in [7, 11) is 3.92. The molecule has 0 saturated heterocycles. The van der Waals surface area contributed by atoms with Gasteiger partial charge >= 0.3 is 6.03 Å². The molecule has 0 unspecified atom stereocenters. The van der Waals surface area contributed by atoms with Gasteiger partial charge in [0, 0.05) is 12.6 Å². The second-order valence-corrected chi connectivity index (χ2v) is 5.71. The van der Waals surface area contributed by atoms with Gasteiger partial charge in [-0.3, -0.25) is 0 Å². The largest absolute Gasteiger partial charge is 0.508 e. The minimum absolute atomic E-state index is 0.116. The summed E-state index contributed by atoms with van der Waals surface area (Å²) >= 11 is 0. The number of phenols is 1. The van der Waals surface area contributed by atoms with E-state index in [-0.39, 0.29) is 11.8 Å². The number of carbonyl (C=O) groups is 1. The third-order valence-electron chi connectivity index (χ3n) is 3.64. The fourth-order valence-corrected chi connectivity index (χ4v) is 2.18. The molecule has 0 bridgehead atoms. The number of hydrogen-bond acceptors (Lipinski definition) is 4. The van der Waals surface area contributed by atoms with E-state index in [1.807, 2.05) is 49.3 Å². The molecule has 0 radical (unpaired) electrons. The van der Waals surface area contributed by atoms with Crippen LogP contribution in [-0.4, -0.2) is 42.7 Å². The molecule has 0 aliphatic rings. The minimum Gasteiger partial charge on any atom is -0.508 e. The quantitative estimate of drug-likeness (QED) is 0.799. The van der Waals surface area contributed by atoms with Gasteiger partial charge in [-0.25, -0.2) is 4.79 Å². The van der Waals surface area contributed by atoms with Crippen LogP contribution >= 0.6 is 0 Å². The van der Waals surface area contributed by atoms with Gasteiger partial charge in [-0.05, 0) is 50.3 Å². The van der Waals surface area contributed by atoms with Crippen LogP contribution in [0.1, 0.15) is 5.56 Å². The van der Waals surface area contributed by atoms with Crippen molar-refractivity contribution in [3.63, 3.8) is 0 Å². The van der Waals surface area contributed by atoms with Crippen LogP contribution in [0.2, 0.25) is 0 Å². The third kappa shape index (κ3) is 5.81. The van der Waals surface area contributed by atoms with Crippen molar-refractivity contribution >= 4 is 11.7 Å². The predicted molar refractivity (Wildman–Crippen MR) is 93.6 cm³/mol. The zero-order valence-electron chi connectivity index (χ0n) is 13.9. The van der Waals surface area contributed by atoms with Crippen LogP contribution in [0.4, 0.5) is 10.5 Å². The number of likely N-dealkylation sites (N-methyl/N-ethyl adjacent to an activating group) is 1. The van der Waals surface area contributed by atoms with Crippen LogP contribution in [0.25, 0.3) is 0 Å². The Kier molecular flexibility index (Phi) is 6.45. The first-order chi connectivity index (χ1) is 11.5. The lowest BCUT2D eigenvalue weighted by Gasteiger charge is -2.24. The molecule has 0 saturated carbocycles. The van der Waals surface area contributed by atoms with Crippen LogP contribution in [0.3, 0.4) is 0 Å². The summed E-state index contributed by atoms with van der Waals surface area (Å²) < 4.78 is 0. The van der Waals surface area contributed by atoms with Gasteiger partial charge in [0.25, 0.3) is 0 Å². The molecule has 0 aliphatic carbocycles. The lowest BCUT2D eigenvalue weighted by Crippen LogP contribution is -2.40. The fourth-order valence-electron chi connectivity index (χ4n) is 2.18. The van der Waals surface area contributed by atoms with Crippen molar-refractivity contribution in [2.24, 2.45) is 10.2 Å². The maximum Gasteiger partial charge on any atom is 0.359 e. The Morgan fingerprint density at radius 2 is 1.79 bits per heavy atom. The van der Waals surface area contributed by atoms with Gasteiger partial charge < -0.3 is 15.3 Å². The van der Waals surface area contributed by atoms with Gasteiger partial charge in [0.15, 0.2) is 0 Å². The summed E-state index contributed by atoms with van der Waals surface area (Å²) in [6.07, 6.45) is 0.753. The minimum atomic E-state index is -0.462. The zero-order chi connectivity index (χ0) is 17.4. The van der Waals surface area contributed by atoms with Gasteiger partial charge in [0.05, 0.1) is 5.69 Å². The van der Waals surface area contributed by atoms with Gasteiger partial charge in [0.1, 0.15) is 5.75 Å². The van der Waals surface area contributed by atoms with E-state index in [4.69, 9.17) is 0 Å². The maximum atomic E-state index is 11.8. The smallest absolute Gasteiger partial charge is 0.359 e. The van der Waals surface area contributed by atoms with Crippen molar-refractivity contribution in [3.05, 3.63) is 60.2 Å². The van der Waals surface area contributed by atoms with E-state index in [1.54, 1.807) is 24.3 Å². The molecule has 126 valence electrons. The molecule has 0 aliphatic heterocycles. The Balaban J connectivity index is 1.87. The van der Waals surface area contributed by atoms with Crippen LogP contribution in [0, 0.1) is 0 Å². The molecular weight excluding hydrogens is 304 g/mol. The van der Waals surface area contributed by atoms with Crippen molar-refractivity contribution in [1.29, 1.82) is 0 Å². The maximum absolute atomic E-state index is 11.8. The summed E-state index contributed by atoms with van der Waals surface area (Å²) in [6, 6.07) is 15.9. The van der Waals surface area contributed by atoms with Crippen molar-refractivity contribution in [2.75, 3.05) is 20.6 Å². The van der Waals surface area contributed by atoms with Crippen molar-refractivity contribution in [2.45, 2.75) is 12.5 Å². The first-order valence-electron chi connectivity index (χ1n) is 7.73. The molecule has 2 N–H and O–H groups in total. The number of amides is 2. The molecule has 24 heavy (non-hydrogen) atoms. The van der Waals surface area contributed by atoms with Gasteiger partial charge in [-0.15, -0.1) is 5.11 Å². The number of carbonyl (C=O) groups excluding carboxylic acids is 1. The Hall–Kier alpha value is -2.73. The highest BCUT2D eigenvalue weighted by atomic mass is 16.3. The average Bonchev–Trinajstić information content (AvgIpc) is 2.59. The van der Waals surface area contributed by atoms with E-state index < -0.39 is 6.03 Å². The lowest BCUT2D eigenvalue weighted by molar-refractivity contribution is 0.238. The highest BCUT2D eigenvalue weighted by Gasteiger charge is 2.13. The molecule has 2 amide bonds. The number of nitrogens with one attached hydrogen (secondary N) is 1. The predicted octanol–water partition coefficient (Wildman–Crippen LogP) is 3.36. The number of nitrogens with zero attached hydrogens (tertiary/aromatic N) is 3. The number of azo groups is 1. The summed E-state index contributed by atoms with van der Waals surface area (Å²) in [5, 5.41) is 19.7. The first-order valence-corrected chi connectivity index (χ1v) is 7.73. The van der Waals surface area contributed by atoms with Gasteiger partial charge in [-0.2, -0.15) is 0 Å². The number of benzene rings is 2. The molecule has 0 fully saturated rings. The molecule has 1 atom stereocenters. The van der Waals surface area contributed by atoms with Crippen molar-refractivity contribution < 1.29 is 9.90 Å². The molecule has 6 heteroatoms. The third-order valence-corrected chi connectivity index (χ3v) is 3.64. The SMILES string of the molecule is CN(C)[C@H](CNC(=O)/N=N/c1ccccc1)Cc1ccc(O)cc1. The normalized spacial score (nSPS) is 12.5. The highest BCUT2D eigenvalue weighted by Crippen LogP contribution is 2.13. The number of phenolic OH excluding ortho intramolecular Hbond substituents is 1. The van der Waals surface area contributed by atoms with E-state index >= 15 is 0 Å². The van der Waals surface area contributed by atoms with Gasteiger partial charge in [-0.1, -0.05) is 35.4 Å². The van der Waals surface area contributed by atoms with E-state index in [0.29, 0.717) is 12.2 Å². The number of urea groups is 1. The van der Waals surface area contributed by atoms with Crippen LogP contribution < -0.4 is 5.32 Å². The monoisotopic (exact) mass is 326 g/mol. The number of aromatic hydroxyl groups is 1. The summed E-state index contributed by atoms with van der Waals surface area (Å²) in [5.74, 6) is 0.245. The Morgan fingerprint density at radius 1 is 1.12 bits per heavy atom. The van der Waals surface area contributed by atoms with Gasteiger partial charge in [0.2, 0.25) is 0 Å². The summed E-state index contributed by atoms with van der Waals surface area (Å²) in [6.45, 7) is 0.459. The number of hydrogen-bond donors (Lipinski definition) is 2. The lowest BCUT2D eigenvalue weighted by atomic mass is 10.1. The Bertz CT molecular complexity index is 669. The molecular formula is C18H22N4O2. The average molecular weight is 326 g/mol. The second kappa shape index (κ2) is 8.79. The first kappa shape index (κ1) is 17.6. The highest BCUT2D eigenvalue weighted by molar-refractivity contribution is 5.74. The topological polar surface area (TPSA) is 77.3 Å². The standard InChI is InChI=1S/C18H22N4O2/c1-22(2)16(12-14-8-10-17(23)11-9-14)13-19-18(24)21-20-15-6-4-3-5-7-15/h3-11,16,23H,12-13H2,1-2H3,(H,19,24)/b21-20+/t16-/m0/s1. The Morgan fingerprint density at radius 3 is 2.42 bits per heavy atom.